The highest BCUT2D eigenvalue weighted by atomic mass is 16.5. The third-order valence-electron chi connectivity index (χ3n) is 2.58. The van der Waals surface area contributed by atoms with E-state index in [-0.39, 0.29) is 18.1 Å². The van der Waals surface area contributed by atoms with Crippen LogP contribution in [0.5, 0.6) is 5.75 Å². The Kier molecular flexibility index (Phi) is 4.50. The highest BCUT2D eigenvalue weighted by molar-refractivity contribution is 5.96. The van der Waals surface area contributed by atoms with Crippen LogP contribution in [0.1, 0.15) is 30.6 Å². The fraction of sp³-hybridized carbons (Fsp3) is 0.462. The van der Waals surface area contributed by atoms with Gasteiger partial charge in [0.05, 0.1) is 13.2 Å². The summed E-state index contributed by atoms with van der Waals surface area (Å²) >= 11 is 0. The predicted octanol–water partition coefficient (Wildman–Crippen LogP) is 2.28. The molecule has 0 radical (unpaired) electrons. The molecule has 1 rings (SSSR count). The lowest BCUT2D eigenvalue weighted by atomic mass is 9.98. The summed E-state index contributed by atoms with van der Waals surface area (Å²) in [4.78, 5) is 11.8. The van der Waals surface area contributed by atoms with Crippen LogP contribution in [0.15, 0.2) is 24.3 Å². The van der Waals surface area contributed by atoms with Gasteiger partial charge in [-0.1, -0.05) is 13.8 Å². The molecule has 0 saturated carbocycles. The zero-order valence-electron chi connectivity index (χ0n) is 9.93. The quantitative estimate of drug-likeness (QED) is 0.777. The van der Waals surface area contributed by atoms with E-state index >= 15 is 0 Å². The van der Waals surface area contributed by atoms with E-state index in [0.29, 0.717) is 5.56 Å². The molecule has 1 aromatic carbocycles. The van der Waals surface area contributed by atoms with Gasteiger partial charge in [0.1, 0.15) is 5.75 Å². The predicted molar refractivity (Wildman–Crippen MR) is 62.8 cm³/mol. The van der Waals surface area contributed by atoms with Gasteiger partial charge in [0, 0.05) is 12.0 Å². The summed E-state index contributed by atoms with van der Waals surface area (Å²) in [7, 11) is 1.58. The van der Waals surface area contributed by atoms with Gasteiger partial charge in [-0.25, -0.2) is 0 Å². The third kappa shape index (κ3) is 3.35. The van der Waals surface area contributed by atoms with E-state index < -0.39 is 6.10 Å². The molecule has 0 saturated heterocycles. The number of carbonyl (C=O) groups is 1. The Morgan fingerprint density at radius 1 is 1.31 bits per heavy atom. The second-order valence-electron chi connectivity index (χ2n) is 4.17. The molecule has 0 heterocycles. The van der Waals surface area contributed by atoms with Crippen LogP contribution in [-0.4, -0.2) is 24.1 Å². The van der Waals surface area contributed by atoms with Crippen LogP contribution >= 0.6 is 0 Å². The summed E-state index contributed by atoms with van der Waals surface area (Å²) in [5.41, 5.74) is 0.612. The second kappa shape index (κ2) is 5.66. The first-order valence-electron chi connectivity index (χ1n) is 5.40. The number of methoxy groups -OCH3 is 1. The first-order chi connectivity index (χ1) is 7.54. The van der Waals surface area contributed by atoms with Gasteiger partial charge in [0.2, 0.25) is 0 Å². The number of carbonyl (C=O) groups excluding carboxylic acids is 1. The van der Waals surface area contributed by atoms with Gasteiger partial charge < -0.3 is 9.84 Å². The second-order valence-corrected chi connectivity index (χ2v) is 4.17. The van der Waals surface area contributed by atoms with Crippen LogP contribution in [0, 0.1) is 5.92 Å². The number of Topliss-reactive ketones (excluding diaryl/α,β-unsaturated/α-hetero) is 1. The number of hydrogen-bond donors (Lipinski definition) is 1. The van der Waals surface area contributed by atoms with Crippen LogP contribution in [0.3, 0.4) is 0 Å². The monoisotopic (exact) mass is 222 g/mol. The van der Waals surface area contributed by atoms with Crippen LogP contribution in [0.25, 0.3) is 0 Å². The lowest BCUT2D eigenvalue weighted by molar-refractivity contribution is 0.0790. The lowest BCUT2D eigenvalue weighted by Gasteiger charge is -2.13. The van der Waals surface area contributed by atoms with E-state index in [4.69, 9.17) is 4.74 Å². The molecule has 1 atom stereocenters. The smallest absolute Gasteiger partial charge is 0.165 e. The van der Waals surface area contributed by atoms with Gasteiger partial charge in [-0.2, -0.15) is 0 Å². The molecule has 0 aliphatic heterocycles. The minimum absolute atomic E-state index is 0.0381. The van der Waals surface area contributed by atoms with E-state index in [1.165, 1.54) is 0 Å². The maximum Gasteiger partial charge on any atom is 0.165 e. The van der Waals surface area contributed by atoms with Crippen molar-refractivity contribution < 1.29 is 14.6 Å². The van der Waals surface area contributed by atoms with Gasteiger partial charge in [0.25, 0.3) is 0 Å². The summed E-state index contributed by atoms with van der Waals surface area (Å²) in [6.45, 7) is 3.79. The SMILES string of the molecule is COc1ccc(C(=O)C[C@@H](O)C(C)C)cc1. The molecule has 0 spiro atoms. The highest BCUT2D eigenvalue weighted by Gasteiger charge is 2.15. The van der Waals surface area contributed by atoms with E-state index in [1.807, 2.05) is 13.8 Å². The van der Waals surface area contributed by atoms with Crippen molar-refractivity contribution in [2.24, 2.45) is 5.92 Å². The van der Waals surface area contributed by atoms with Gasteiger partial charge in [-0.15, -0.1) is 0 Å². The minimum atomic E-state index is -0.574. The Bertz CT molecular complexity index is 341. The van der Waals surface area contributed by atoms with Crippen molar-refractivity contribution in [2.75, 3.05) is 7.11 Å². The summed E-state index contributed by atoms with van der Waals surface area (Å²) in [6, 6.07) is 6.92. The van der Waals surface area contributed by atoms with E-state index in [9.17, 15) is 9.90 Å². The van der Waals surface area contributed by atoms with Gasteiger partial charge in [-0.05, 0) is 30.2 Å². The Balaban J connectivity index is 2.66. The standard InChI is InChI=1S/C13H18O3/c1-9(2)12(14)8-13(15)10-4-6-11(16-3)7-5-10/h4-7,9,12,14H,8H2,1-3H3/t12-/m1/s1. The lowest BCUT2D eigenvalue weighted by Crippen LogP contribution is -2.19. The maximum atomic E-state index is 11.8. The summed E-state index contributed by atoms with van der Waals surface area (Å²) in [6.07, 6.45) is -0.404. The first kappa shape index (κ1) is 12.7. The van der Waals surface area contributed by atoms with Crippen LogP contribution < -0.4 is 4.74 Å². The van der Waals surface area contributed by atoms with E-state index in [1.54, 1.807) is 31.4 Å². The van der Waals surface area contributed by atoms with Crippen LogP contribution in [-0.2, 0) is 0 Å². The van der Waals surface area contributed by atoms with E-state index in [0.717, 1.165) is 5.75 Å². The fourth-order valence-electron chi connectivity index (χ4n) is 1.32. The summed E-state index contributed by atoms with van der Waals surface area (Å²) < 4.78 is 5.01. The van der Waals surface area contributed by atoms with Crippen molar-refractivity contribution in [1.29, 1.82) is 0 Å². The van der Waals surface area contributed by atoms with Crippen molar-refractivity contribution >= 4 is 5.78 Å². The molecule has 0 bridgehead atoms. The molecule has 0 amide bonds. The zero-order valence-corrected chi connectivity index (χ0v) is 9.93. The molecule has 0 unspecified atom stereocenters. The molecule has 0 aliphatic rings. The van der Waals surface area contributed by atoms with Crippen molar-refractivity contribution in [3.8, 4) is 5.75 Å². The molecule has 1 aromatic rings. The molecule has 3 heteroatoms. The summed E-state index contributed by atoms with van der Waals surface area (Å²) in [5.74, 6) is 0.784. The number of rotatable bonds is 5. The topological polar surface area (TPSA) is 46.5 Å². The molecule has 16 heavy (non-hydrogen) atoms. The van der Waals surface area contributed by atoms with Gasteiger partial charge >= 0.3 is 0 Å². The largest absolute Gasteiger partial charge is 0.497 e. The highest BCUT2D eigenvalue weighted by Crippen LogP contribution is 2.15. The average molecular weight is 222 g/mol. The minimum Gasteiger partial charge on any atom is -0.497 e. The molecule has 0 aliphatic carbocycles. The van der Waals surface area contributed by atoms with Gasteiger partial charge in [0.15, 0.2) is 5.78 Å². The molecule has 1 N–H and O–H groups in total. The normalized spacial score (nSPS) is 12.6. The molecular weight excluding hydrogens is 204 g/mol. The van der Waals surface area contributed by atoms with Crippen molar-refractivity contribution in [3.05, 3.63) is 29.8 Å². The summed E-state index contributed by atoms with van der Waals surface area (Å²) in [5, 5.41) is 9.61. The Hall–Kier alpha value is -1.35. The Morgan fingerprint density at radius 3 is 2.31 bits per heavy atom. The van der Waals surface area contributed by atoms with Crippen LogP contribution in [0.2, 0.25) is 0 Å². The molecule has 88 valence electrons. The Labute approximate surface area is 96.1 Å². The average Bonchev–Trinajstić information content (AvgIpc) is 2.28. The van der Waals surface area contributed by atoms with Crippen molar-refractivity contribution in [2.45, 2.75) is 26.4 Å². The molecule has 0 fully saturated rings. The number of aliphatic hydroxyl groups excluding tert-OH is 1. The third-order valence-corrected chi connectivity index (χ3v) is 2.58. The molecule has 0 aromatic heterocycles. The maximum absolute atomic E-state index is 11.8. The van der Waals surface area contributed by atoms with Crippen molar-refractivity contribution in [1.82, 2.24) is 0 Å². The number of ketones is 1. The number of benzene rings is 1. The van der Waals surface area contributed by atoms with E-state index in [2.05, 4.69) is 0 Å². The van der Waals surface area contributed by atoms with Crippen molar-refractivity contribution in [3.63, 3.8) is 0 Å². The van der Waals surface area contributed by atoms with Crippen LogP contribution in [0.4, 0.5) is 0 Å². The number of aliphatic hydroxyl groups is 1. The molecular formula is C13H18O3. The Morgan fingerprint density at radius 2 is 1.88 bits per heavy atom. The van der Waals surface area contributed by atoms with Gasteiger partial charge in [-0.3, -0.25) is 4.79 Å². The molecule has 3 nitrogen and oxygen atoms in total. The number of hydrogen-bond acceptors (Lipinski definition) is 3. The first-order valence-corrected chi connectivity index (χ1v) is 5.40. The number of ether oxygens (including phenoxy) is 1. The zero-order chi connectivity index (χ0) is 12.1. The fourth-order valence-corrected chi connectivity index (χ4v) is 1.32.